The van der Waals surface area contributed by atoms with E-state index in [9.17, 15) is 9.59 Å². The average molecular weight is 224 g/mol. The molecule has 1 aromatic rings. The predicted molar refractivity (Wildman–Crippen MR) is 52.9 cm³/mol. The van der Waals surface area contributed by atoms with Crippen LogP contribution in [-0.2, 0) is 4.79 Å². The largest absolute Gasteiger partial charge is 0.480 e. The number of hydrogen-bond acceptors (Lipinski definition) is 4. The first-order valence-electron chi connectivity index (χ1n) is 5.05. The van der Waals surface area contributed by atoms with E-state index in [0.29, 0.717) is 25.1 Å². The van der Waals surface area contributed by atoms with Crippen molar-refractivity contribution in [2.24, 2.45) is 0 Å². The highest BCUT2D eigenvalue weighted by molar-refractivity contribution is 5.96. The molecule has 1 aliphatic rings. The van der Waals surface area contributed by atoms with Crippen molar-refractivity contribution in [3.63, 3.8) is 0 Å². The molecule has 1 amide bonds. The fourth-order valence-electron chi connectivity index (χ4n) is 1.91. The van der Waals surface area contributed by atoms with Crippen LogP contribution in [0.4, 0.5) is 0 Å². The van der Waals surface area contributed by atoms with Crippen LogP contribution < -0.4 is 0 Å². The average Bonchev–Trinajstić information content (AvgIpc) is 2.84. The minimum absolute atomic E-state index is 0.202. The maximum atomic E-state index is 12.0. The number of nitrogens with zero attached hydrogens (tertiary/aromatic N) is 2. The summed E-state index contributed by atoms with van der Waals surface area (Å²) >= 11 is 0. The molecule has 1 aliphatic heterocycles. The third-order valence-corrected chi connectivity index (χ3v) is 2.75. The molecule has 1 atom stereocenters. The van der Waals surface area contributed by atoms with Crippen LogP contribution >= 0.6 is 0 Å². The van der Waals surface area contributed by atoms with E-state index < -0.39 is 12.0 Å². The monoisotopic (exact) mass is 224 g/mol. The highest BCUT2D eigenvalue weighted by Crippen LogP contribution is 2.20. The normalized spacial score (nSPS) is 20.1. The zero-order chi connectivity index (χ0) is 11.7. The maximum absolute atomic E-state index is 12.0. The zero-order valence-corrected chi connectivity index (χ0v) is 8.84. The van der Waals surface area contributed by atoms with Crippen LogP contribution in [-0.4, -0.2) is 39.5 Å². The van der Waals surface area contributed by atoms with Gasteiger partial charge in [-0.2, -0.15) is 0 Å². The van der Waals surface area contributed by atoms with E-state index in [1.165, 1.54) is 11.3 Å². The van der Waals surface area contributed by atoms with Gasteiger partial charge in [0.05, 0.1) is 0 Å². The number of carbonyl (C=O) groups excluding carboxylic acids is 1. The zero-order valence-electron chi connectivity index (χ0n) is 8.84. The van der Waals surface area contributed by atoms with Gasteiger partial charge < -0.3 is 14.4 Å². The van der Waals surface area contributed by atoms with E-state index in [4.69, 9.17) is 9.52 Å². The lowest BCUT2D eigenvalue weighted by Crippen LogP contribution is -2.40. The van der Waals surface area contributed by atoms with Gasteiger partial charge in [-0.3, -0.25) is 4.79 Å². The molecule has 1 saturated heterocycles. The summed E-state index contributed by atoms with van der Waals surface area (Å²) in [6.45, 7) is 2.09. The first kappa shape index (κ1) is 10.7. The lowest BCUT2D eigenvalue weighted by atomic mass is 10.2. The number of aliphatic carboxylic acids is 1. The summed E-state index contributed by atoms with van der Waals surface area (Å²) < 4.78 is 4.93. The molecule has 0 aliphatic carbocycles. The first-order valence-corrected chi connectivity index (χ1v) is 5.05. The van der Waals surface area contributed by atoms with E-state index in [2.05, 4.69) is 4.98 Å². The number of hydrogen-bond donors (Lipinski definition) is 1. The summed E-state index contributed by atoms with van der Waals surface area (Å²) in [5.74, 6) is -0.913. The molecule has 0 bridgehead atoms. The third-order valence-electron chi connectivity index (χ3n) is 2.75. The minimum Gasteiger partial charge on any atom is -0.480 e. The standard InChI is InChI=1S/C10H12N2O4/c1-6-8(11-5-16-6)9(13)12-4-2-3-7(12)10(14)15/h5,7H,2-4H2,1H3,(H,14,15). The van der Waals surface area contributed by atoms with Crippen molar-refractivity contribution in [1.82, 2.24) is 9.88 Å². The van der Waals surface area contributed by atoms with Crippen LogP contribution in [0, 0.1) is 6.92 Å². The number of rotatable bonds is 2. The number of amides is 1. The second kappa shape index (κ2) is 3.96. The molecule has 0 saturated carbocycles. The van der Waals surface area contributed by atoms with Gasteiger partial charge in [-0.15, -0.1) is 0 Å². The SMILES string of the molecule is Cc1ocnc1C(=O)N1CCCC1C(=O)O. The molecule has 86 valence electrons. The molecule has 2 rings (SSSR count). The number of oxazole rings is 1. The van der Waals surface area contributed by atoms with Gasteiger partial charge in [0.15, 0.2) is 12.1 Å². The van der Waals surface area contributed by atoms with Crippen molar-refractivity contribution in [3.8, 4) is 0 Å². The van der Waals surface area contributed by atoms with E-state index in [-0.39, 0.29) is 11.6 Å². The fourth-order valence-corrected chi connectivity index (χ4v) is 1.91. The molecule has 2 heterocycles. The van der Waals surface area contributed by atoms with Gasteiger partial charge in [0, 0.05) is 6.54 Å². The Labute approximate surface area is 91.9 Å². The van der Waals surface area contributed by atoms with Crippen molar-refractivity contribution in [1.29, 1.82) is 0 Å². The lowest BCUT2D eigenvalue weighted by Gasteiger charge is -2.20. The maximum Gasteiger partial charge on any atom is 0.326 e. The molecule has 1 unspecified atom stereocenters. The van der Waals surface area contributed by atoms with Crippen LogP contribution in [0.3, 0.4) is 0 Å². The van der Waals surface area contributed by atoms with Gasteiger partial charge in [0.1, 0.15) is 11.8 Å². The van der Waals surface area contributed by atoms with Crippen molar-refractivity contribution in [2.75, 3.05) is 6.54 Å². The minimum atomic E-state index is -0.966. The molecule has 6 nitrogen and oxygen atoms in total. The molecular formula is C10H12N2O4. The molecule has 1 fully saturated rings. The molecule has 0 spiro atoms. The van der Waals surface area contributed by atoms with Crippen LogP contribution in [0.25, 0.3) is 0 Å². The third kappa shape index (κ3) is 1.66. The molecular weight excluding hydrogens is 212 g/mol. The van der Waals surface area contributed by atoms with E-state index >= 15 is 0 Å². The highest BCUT2D eigenvalue weighted by Gasteiger charge is 2.35. The molecule has 0 radical (unpaired) electrons. The highest BCUT2D eigenvalue weighted by atomic mass is 16.4. The quantitative estimate of drug-likeness (QED) is 0.798. The molecule has 0 aromatic carbocycles. The second-order valence-electron chi connectivity index (χ2n) is 3.75. The number of carbonyl (C=O) groups is 2. The van der Waals surface area contributed by atoms with Gasteiger partial charge in [0.25, 0.3) is 5.91 Å². The van der Waals surface area contributed by atoms with Gasteiger partial charge in [-0.1, -0.05) is 0 Å². The number of carboxylic acid groups (broad SMARTS) is 1. The Kier molecular flexibility index (Phi) is 2.64. The second-order valence-corrected chi connectivity index (χ2v) is 3.75. The topological polar surface area (TPSA) is 83.6 Å². The van der Waals surface area contributed by atoms with Gasteiger partial charge in [0.2, 0.25) is 0 Å². The summed E-state index contributed by atoms with van der Waals surface area (Å²) in [6.07, 6.45) is 2.39. The van der Waals surface area contributed by atoms with Crippen molar-refractivity contribution in [2.45, 2.75) is 25.8 Å². The van der Waals surface area contributed by atoms with Crippen molar-refractivity contribution < 1.29 is 19.1 Å². The number of aryl methyl sites for hydroxylation is 1. The summed E-state index contributed by atoms with van der Waals surface area (Å²) in [4.78, 5) is 28.1. The Bertz CT molecular complexity index is 426. The number of likely N-dealkylation sites (tertiary alicyclic amines) is 1. The molecule has 6 heteroatoms. The number of aromatic nitrogens is 1. The van der Waals surface area contributed by atoms with E-state index in [0.717, 1.165) is 0 Å². The van der Waals surface area contributed by atoms with Crippen molar-refractivity contribution in [3.05, 3.63) is 17.8 Å². The Balaban J connectivity index is 2.22. The molecule has 1 N–H and O–H groups in total. The summed E-state index contributed by atoms with van der Waals surface area (Å²) in [5.41, 5.74) is 0.202. The van der Waals surface area contributed by atoms with Crippen LogP contribution in [0.5, 0.6) is 0 Å². The summed E-state index contributed by atoms with van der Waals surface area (Å²) in [6, 6.07) is -0.733. The van der Waals surface area contributed by atoms with Gasteiger partial charge >= 0.3 is 5.97 Å². The van der Waals surface area contributed by atoms with Crippen LogP contribution in [0.2, 0.25) is 0 Å². The smallest absolute Gasteiger partial charge is 0.326 e. The Hall–Kier alpha value is -1.85. The Morgan fingerprint density at radius 1 is 1.62 bits per heavy atom. The number of carboxylic acids is 1. The lowest BCUT2D eigenvalue weighted by molar-refractivity contribution is -0.141. The summed E-state index contributed by atoms with van der Waals surface area (Å²) in [5, 5.41) is 8.96. The molecule has 16 heavy (non-hydrogen) atoms. The van der Waals surface area contributed by atoms with Crippen LogP contribution in [0.1, 0.15) is 29.1 Å². The predicted octanol–water partition coefficient (Wildman–Crippen LogP) is 0.672. The van der Waals surface area contributed by atoms with Crippen molar-refractivity contribution >= 4 is 11.9 Å². The van der Waals surface area contributed by atoms with Crippen LogP contribution in [0.15, 0.2) is 10.8 Å². The van der Waals surface area contributed by atoms with Gasteiger partial charge in [-0.05, 0) is 19.8 Å². The Morgan fingerprint density at radius 2 is 2.38 bits per heavy atom. The van der Waals surface area contributed by atoms with E-state index in [1.54, 1.807) is 6.92 Å². The van der Waals surface area contributed by atoms with E-state index in [1.807, 2.05) is 0 Å². The molecule has 1 aromatic heterocycles. The summed E-state index contributed by atoms with van der Waals surface area (Å²) in [7, 11) is 0. The first-order chi connectivity index (χ1) is 7.61. The Morgan fingerprint density at radius 3 is 2.94 bits per heavy atom. The fraction of sp³-hybridized carbons (Fsp3) is 0.500. The van der Waals surface area contributed by atoms with Gasteiger partial charge in [-0.25, -0.2) is 9.78 Å².